The van der Waals surface area contributed by atoms with Crippen molar-refractivity contribution < 1.29 is 4.79 Å². The Bertz CT molecular complexity index is 677. The smallest absolute Gasteiger partial charge is 0.252 e. The van der Waals surface area contributed by atoms with Crippen molar-refractivity contribution in [1.29, 1.82) is 0 Å². The SMILES string of the molecule is CCCCNC(=O)c1cncc(Nc2c(C)cc(C)cc2Cl)c1. The molecule has 1 aromatic carbocycles. The lowest BCUT2D eigenvalue weighted by Crippen LogP contribution is -2.24. The summed E-state index contributed by atoms with van der Waals surface area (Å²) in [7, 11) is 0. The normalized spacial score (nSPS) is 10.4. The predicted molar refractivity (Wildman–Crippen MR) is 95.7 cm³/mol. The molecular weight excluding hydrogens is 310 g/mol. The summed E-state index contributed by atoms with van der Waals surface area (Å²) >= 11 is 6.31. The Labute approximate surface area is 142 Å². The first-order chi connectivity index (χ1) is 11.0. The summed E-state index contributed by atoms with van der Waals surface area (Å²) in [6, 6.07) is 5.75. The van der Waals surface area contributed by atoms with Gasteiger partial charge in [0.15, 0.2) is 0 Å². The fraction of sp³-hybridized carbons (Fsp3) is 0.333. The molecule has 1 aromatic heterocycles. The maximum atomic E-state index is 12.1. The summed E-state index contributed by atoms with van der Waals surface area (Å²) in [5.74, 6) is -0.110. The molecule has 2 aromatic rings. The van der Waals surface area contributed by atoms with Crippen LogP contribution in [0.5, 0.6) is 0 Å². The minimum atomic E-state index is -0.110. The van der Waals surface area contributed by atoms with Crippen LogP contribution >= 0.6 is 11.6 Å². The van der Waals surface area contributed by atoms with Gasteiger partial charge in [0.05, 0.1) is 28.2 Å². The number of anilines is 2. The Morgan fingerprint density at radius 3 is 2.70 bits per heavy atom. The highest BCUT2D eigenvalue weighted by molar-refractivity contribution is 6.33. The molecule has 1 amide bonds. The van der Waals surface area contributed by atoms with E-state index in [1.54, 1.807) is 18.5 Å². The average molecular weight is 332 g/mol. The molecule has 0 aliphatic carbocycles. The van der Waals surface area contributed by atoms with E-state index in [-0.39, 0.29) is 5.91 Å². The lowest BCUT2D eigenvalue weighted by molar-refractivity contribution is 0.0953. The van der Waals surface area contributed by atoms with Gasteiger partial charge in [-0.2, -0.15) is 0 Å². The highest BCUT2D eigenvalue weighted by Crippen LogP contribution is 2.30. The summed E-state index contributed by atoms with van der Waals surface area (Å²) in [6.45, 7) is 6.77. The van der Waals surface area contributed by atoms with Crippen molar-refractivity contribution in [1.82, 2.24) is 10.3 Å². The fourth-order valence-electron chi connectivity index (χ4n) is 2.33. The Hall–Kier alpha value is -2.07. The molecule has 0 saturated heterocycles. The highest BCUT2D eigenvalue weighted by atomic mass is 35.5. The molecule has 2 N–H and O–H groups in total. The molecule has 0 unspecified atom stereocenters. The van der Waals surface area contributed by atoms with E-state index in [0.717, 1.165) is 35.3 Å². The first-order valence-corrected chi connectivity index (χ1v) is 8.16. The number of nitrogens with one attached hydrogen (secondary N) is 2. The van der Waals surface area contributed by atoms with E-state index in [0.29, 0.717) is 17.1 Å². The van der Waals surface area contributed by atoms with Crippen molar-refractivity contribution in [3.8, 4) is 0 Å². The van der Waals surface area contributed by atoms with Gasteiger partial charge in [-0.1, -0.05) is 31.0 Å². The molecule has 0 atom stereocenters. The standard InChI is InChI=1S/C18H22ClN3O/c1-4-5-6-21-18(23)14-9-15(11-20-10-14)22-17-13(3)7-12(2)8-16(17)19/h7-11,22H,4-6H2,1-3H3,(H,21,23). The molecule has 1 heterocycles. The fourth-order valence-corrected chi connectivity index (χ4v) is 2.70. The molecule has 0 saturated carbocycles. The van der Waals surface area contributed by atoms with Gasteiger partial charge in [0, 0.05) is 12.7 Å². The lowest BCUT2D eigenvalue weighted by Gasteiger charge is -2.13. The third-order valence-corrected chi connectivity index (χ3v) is 3.82. The van der Waals surface area contributed by atoms with Crippen molar-refractivity contribution in [3.05, 3.63) is 52.3 Å². The lowest BCUT2D eigenvalue weighted by atomic mass is 10.1. The first kappa shape index (κ1) is 17.3. The van der Waals surface area contributed by atoms with Gasteiger partial charge < -0.3 is 10.6 Å². The molecule has 0 aliphatic rings. The monoisotopic (exact) mass is 331 g/mol. The predicted octanol–water partition coefficient (Wildman–Crippen LogP) is 4.63. The van der Waals surface area contributed by atoms with Crippen LogP contribution < -0.4 is 10.6 Å². The number of halogens is 1. The Morgan fingerprint density at radius 2 is 2.00 bits per heavy atom. The summed E-state index contributed by atoms with van der Waals surface area (Å²) in [6.07, 6.45) is 5.26. The van der Waals surface area contributed by atoms with Gasteiger partial charge in [0.2, 0.25) is 0 Å². The summed E-state index contributed by atoms with van der Waals surface area (Å²) in [5, 5.41) is 6.80. The Kier molecular flexibility index (Phi) is 5.99. The van der Waals surface area contributed by atoms with Crippen LogP contribution in [-0.4, -0.2) is 17.4 Å². The van der Waals surface area contributed by atoms with Crippen LogP contribution in [0, 0.1) is 13.8 Å². The van der Waals surface area contributed by atoms with Crippen molar-refractivity contribution in [2.75, 3.05) is 11.9 Å². The van der Waals surface area contributed by atoms with Crippen molar-refractivity contribution in [2.45, 2.75) is 33.6 Å². The van der Waals surface area contributed by atoms with Crippen molar-refractivity contribution in [3.63, 3.8) is 0 Å². The average Bonchev–Trinajstić information content (AvgIpc) is 2.51. The minimum Gasteiger partial charge on any atom is -0.353 e. The van der Waals surface area contributed by atoms with E-state index in [1.807, 2.05) is 19.9 Å². The number of aromatic nitrogens is 1. The number of carbonyl (C=O) groups excluding carboxylic acids is 1. The number of pyridine rings is 1. The number of amides is 1. The van der Waals surface area contributed by atoms with Crippen LogP contribution in [0.1, 0.15) is 41.3 Å². The number of hydrogen-bond acceptors (Lipinski definition) is 3. The molecule has 2 rings (SSSR count). The first-order valence-electron chi connectivity index (χ1n) is 7.78. The number of benzene rings is 1. The van der Waals surface area contributed by atoms with E-state index < -0.39 is 0 Å². The largest absolute Gasteiger partial charge is 0.353 e. The van der Waals surface area contributed by atoms with Gasteiger partial charge in [0.25, 0.3) is 5.91 Å². The van der Waals surface area contributed by atoms with Crippen LogP contribution in [0.15, 0.2) is 30.6 Å². The molecule has 23 heavy (non-hydrogen) atoms. The van der Waals surface area contributed by atoms with E-state index in [9.17, 15) is 4.79 Å². The van der Waals surface area contributed by atoms with Crippen LogP contribution in [0.25, 0.3) is 0 Å². The van der Waals surface area contributed by atoms with Gasteiger partial charge >= 0.3 is 0 Å². The molecule has 0 fully saturated rings. The van der Waals surface area contributed by atoms with Gasteiger partial charge in [-0.25, -0.2) is 0 Å². The van der Waals surface area contributed by atoms with Gasteiger partial charge in [-0.3, -0.25) is 9.78 Å². The molecule has 0 spiro atoms. The molecule has 0 radical (unpaired) electrons. The van der Waals surface area contributed by atoms with Crippen molar-refractivity contribution >= 4 is 28.9 Å². The number of rotatable bonds is 6. The summed E-state index contributed by atoms with van der Waals surface area (Å²) < 4.78 is 0. The third-order valence-electron chi connectivity index (χ3n) is 3.52. The summed E-state index contributed by atoms with van der Waals surface area (Å²) in [4.78, 5) is 16.2. The van der Waals surface area contributed by atoms with E-state index in [4.69, 9.17) is 11.6 Å². The van der Waals surface area contributed by atoms with Crippen LogP contribution in [0.4, 0.5) is 11.4 Å². The maximum absolute atomic E-state index is 12.1. The molecule has 122 valence electrons. The van der Waals surface area contributed by atoms with Crippen LogP contribution in [0.2, 0.25) is 5.02 Å². The zero-order chi connectivity index (χ0) is 16.8. The molecule has 0 aliphatic heterocycles. The third kappa shape index (κ3) is 4.70. The van der Waals surface area contributed by atoms with E-state index >= 15 is 0 Å². The van der Waals surface area contributed by atoms with Gasteiger partial charge in [-0.15, -0.1) is 0 Å². The van der Waals surface area contributed by atoms with Crippen molar-refractivity contribution in [2.24, 2.45) is 0 Å². The molecule has 5 heteroatoms. The van der Waals surface area contributed by atoms with E-state index in [2.05, 4.69) is 28.6 Å². The topological polar surface area (TPSA) is 54.0 Å². The van der Waals surface area contributed by atoms with Crippen LogP contribution in [-0.2, 0) is 0 Å². The Morgan fingerprint density at radius 1 is 1.22 bits per heavy atom. The summed E-state index contributed by atoms with van der Waals surface area (Å²) in [5.41, 5.74) is 4.27. The second-order valence-corrected chi connectivity index (χ2v) is 6.04. The number of aryl methyl sites for hydroxylation is 2. The maximum Gasteiger partial charge on any atom is 0.252 e. The second-order valence-electron chi connectivity index (χ2n) is 5.64. The number of hydrogen-bond donors (Lipinski definition) is 2. The highest BCUT2D eigenvalue weighted by Gasteiger charge is 2.09. The Balaban J connectivity index is 2.16. The number of nitrogens with zero attached hydrogens (tertiary/aromatic N) is 1. The quantitative estimate of drug-likeness (QED) is 0.759. The zero-order valence-electron chi connectivity index (χ0n) is 13.7. The zero-order valence-corrected chi connectivity index (χ0v) is 14.5. The van der Waals surface area contributed by atoms with Crippen LogP contribution in [0.3, 0.4) is 0 Å². The number of carbonyl (C=O) groups is 1. The molecular formula is C18H22ClN3O. The second kappa shape index (κ2) is 7.97. The number of unbranched alkanes of at least 4 members (excludes halogenated alkanes) is 1. The van der Waals surface area contributed by atoms with Gasteiger partial charge in [0.1, 0.15) is 0 Å². The molecule has 4 nitrogen and oxygen atoms in total. The molecule has 0 bridgehead atoms. The van der Waals surface area contributed by atoms with Gasteiger partial charge in [-0.05, 0) is 43.5 Å². The van der Waals surface area contributed by atoms with E-state index in [1.165, 1.54) is 0 Å². The minimum absolute atomic E-state index is 0.110.